The molecule has 1 spiro atoms. The van der Waals surface area contributed by atoms with Crippen LogP contribution in [0.1, 0.15) is 42.0 Å². The molecule has 0 aromatic heterocycles. The van der Waals surface area contributed by atoms with Gasteiger partial charge in [0.05, 0.1) is 19.3 Å². The largest absolute Gasteiger partial charge is 0.513 e. The van der Waals surface area contributed by atoms with Crippen LogP contribution in [-0.2, 0) is 19.1 Å². The molecule has 35 heavy (non-hydrogen) atoms. The van der Waals surface area contributed by atoms with Gasteiger partial charge in [-0.2, -0.15) is 5.06 Å². The molecule has 0 aliphatic carbocycles. The summed E-state index contributed by atoms with van der Waals surface area (Å²) in [6.45, 7) is 8.74. The van der Waals surface area contributed by atoms with E-state index in [1.807, 2.05) is 32.9 Å². The number of hydroxylamine groups is 2. The molecule has 1 saturated heterocycles. The highest BCUT2D eigenvalue weighted by Crippen LogP contribution is 2.50. The van der Waals surface area contributed by atoms with E-state index in [1.54, 1.807) is 36.1 Å². The quantitative estimate of drug-likeness (QED) is 0.554. The summed E-state index contributed by atoms with van der Waals surface area (Å²) in [5, 5.41) is 1.81. The Kier molecular flexibility index (Phi) is 6.96. The predicted octanol–water partition coefficient (Wildman–Crippen LogP) is 5.08. The van der Waals surface area contributed by atoms with Gasteiger partial charge in [-0.05, 0) is 81.5 Å². The standard InChI is InChI=1S/C27H31FN2O5/c1-6-34-26(32)35-24-23(22-18(3)15-17(2)16-19(22)4)25(31)30(21-9-7-20(28)8-10-21)27(24)11-13-29(33-5)14-12-27/h7-10,15-16H,6,11-14H2,1-5H3. The molecule has 2 aromatic carbocycles. The molecule has 0 N–H and O–H groups in total. The molecule has 8 heteroatoms. The Morgan fingerprint density at radius 3 is 2.20 bits per heavy atom. The highest BCUT2D eigenvalue weighted by atomic mass is 19.1. The average molecular weight is 483 g/mol. The lowest BCUT2D eigenvalue weighted by molar-refractivity contribution is -0.150. The van der Waals surface area contributed by atoms with Crippen molar-refractivity contribution < 1.29 is 28.3 Å². The second-order valence-corrected chi connectivity index (χ2v) is 9.02. The number of carbonyl (C=O) groups is 2. The summed E-state index contributed by atoms with van der Waals surface area (Å²) in [6.07, 6.45) is 0.0444. The van der Waals surface area contributed by atoms with Gasteiger partial charge in [-0.15, -0.1) is 0 Å². The fourth-order valence-electron chi connectivity index (χ4n) is 5.35. The fourth-order valence-corrected chi connectivity index (χ4v) is 5.35. The third-order valence-corrected chi connectivity index (χ3v) is 6.76. The molecule has 7 nitrogen and oxygen atoms in total. The van der Waals surface area contributed by atoms with Gasteiger partial charge >= 0.3 is 6.16 Å². The second kappa shape index (κ2) is 9.79. The van der Waals surface area contributed by atoms with Crippen molar-refractivity contribution in [3.63, 3.8) is 0 Å². The highest BCUT2D eigenvalue weighted by molar-refractivity contribution is 6.31. The first-order valence-electron chi connectivity index (χ1n) is 11.8. The topological polar surface area (TPSA) is 68.3 Å². The summed E-state index contributed by atoms with van der Waals surface area (Å²) < 4.78 is 24.8. The Balaban J connectivity index is 1.97. The number of nitrogens with zero attached hydrogens (tertiary/aromatic N) is 2. The lowest BCUT2D eigenvalue weighted by Gasteiger charge is -2.44. The summed E-state index contributed by atoms with van der Waals surface area (Å²) in [7, 11) is 1.60. The van der Waals surface area contributed by atoms with E-state index in [0.29, 0.717) is 37.2 Å². The lowest BCUT2D eigenvalue weighted by atomic mass is 9.83. The van der Waals surface area contributed by atoms with Gasteiger partial charge in [0.15, 0.2) is 5.76 Å². The van der Waals surface area contributed by atoms with E-state index in [4.69, 9.17) is 14.3 Å². The van der Waals surface area contributed by atoms with E-state index in [9.17, 15) is 14.0 Å². The number of aryl methyl sites for hydroxylation is 3. The minimum Gasteiger partial charge on any atom is -0.434 e. The summed E-state index contributed by atoms with van der Waals surface area (Å²) in [4.78, 5) is 34.0. The van der Waals surface area contributed by atoms with E-state index in [0.717, 1.165) is 22.3 Å². The van der Waals surface area contributed by atoms with Gasteiger partial charge in [-0.1, -0.05) is 17.7 Å². The second-order valence-electron chi connectivity index (χ2n) is 9.02. The normalized spacial score (nSPS) is 17.9. The monoisotopic (exact) mass is 482 g/mol. The molecule has 0 unspecified atom stereocenters. The Labute approximate surface area is 205 Å². The van der Waals surface area contributed by atoms with Gasteiger partial charge in [-0.25, -0.2) is 9.18 Å². The van der Waals surface area contributed by atoms with Gasteiger partial charge in [0.25, 0.3) is 5.91 Å². The van der Waals surface area contributed by atoms with Crippen LogP contribution in [-0.4, -0.2) is 49.5 Å². The smallest absolute Gasteiger partial charge is 0.434 e. The number of halogens is 1. The Bertz CT molecular complexity index is 1140. The van der Waals surface area contributed by atoms with Crippen molar-refractivity contribution in [1.29, 1.82) is 0 Å². The van der Waals surface area contributed by atoms with E-state index < -0.39 is 17.5 Å². The molecule has 2 aliphatic heterocycles. The van der Waals surface area contributed by atoms with Crippen molar-refractivity contribution in [3.8, 4) is 0 Å². The molecule has 2 aliphatic rings. The van der Waals surface area contributed by atoms with Crippen LogP contribution >= 0.6 is 0 Å². The first kappa shape index (κ1) is 24.9. The molecular formula is C27H31FN2O5. The molecule has 0 saturated carbocycles. The highest BCUT2D eigenvalue weighted by Gasteiger charge is 2.56. The van der Waals surface area contributed by atoms with Crippen LogP contribution < -0.4 is 4.90 Å². The number of rotatable bonds is 5. The van der Waals surface area contributed by atoms with Crippen molar-refractivity contribution in [2.75, 3.05) is 31.7 Å². The van der Waals surface area contributed by atoms with Crippen LogP contribution in [0.25, 0.3) is 5.57 Å². The Hall–Kier alpha value is -3.23. The van der Waals surface area contributed by atoms with E-state index in [1.165, 1.54) is 12.1 Å². The van der Waals surface area contributed by atoms with Crippen molar-refractivity contribution in [2.24, 2.45) is 0 Å². The first-order valence-corrected chi connectivity index (χ1v) is 11.8. The zero-order valence-electron chi connectivity index (χ0n) is 20.8. The van der Waals surface area contributed by atoms with Crippen LogP contribution in [0.5, 0.6) is 0 Å². The van der Waals surface area contributed by atoms with Crippen LogP contribution in [0.4, 0.5) is 14.9 Å². The van der Waals surface area contributed by atoms with Crippen molar-refractivity contribution in [1.82, 2.24) is 5.06 Å². The Morgan fingerprint density at radius 1 is 1.06 bits per heavy atom. The molecule has 0 radical (unpaired) electrons. The minimum atomic E-state index is -0.962. The number of carbonyl (C=O) groups excluding carboxylic acids is 2. The Morgan fingerprint density at radius 2 is 1.66 bits per heavy atom. The van der Waals surface area contributed by atoms with Crippen LogP contribution in [0.3, 0.4) is 0 Å². The first-order chi connectivity index (χ1) is 16.7. The summed E-state index contributed by atoms with van der Waals surface area (Å²) >= 11 is 0. The number of amides is 1. The third kappa shape index (κ3) is 4.44. The van der Waals surface area contributed by atoms with Crippen molar-refractivity contribution in [3.05, 3.63) is 70.2 Å². The number of hydrogen-bond acceptors (Lipinski definition) is 6. The van der Waals surface area contributed by atoms with Gasteiger partial charge < -0.3 is 14.3 Å². The summed E-state index contributed by atoms with van der Waals surface area (Å²) in [5.41, 5.74) is 3.52. The maximum atomic E-state index is 14.3. The summed E-state index contributed by atoms with van der Waals surface area (Å²) in [6, 6.07) is 9.82. The predicted molar refractivity (Wildman–Crippen MR) is 130 cm³/mol. The van der Waals surface area contributed by atoms with Gasteiger partial charge in [0.2, 0.25) is 0 Å². The van der Waals surface area contributed by atoms with E-state index in [-0.39, 0.29) is 18.3 Å². The fraction of sp³-hybridized carbons (Fsp3) is 0.407. The van der Waals surface area contributed by atoms with Gasteiger partial charge in [0, 0.05) is 18.8 Å². The maximum Gasteiger partial charge on any atom is 0.513 e. The van der Waals surface area contributed by atoms with E-state index in [2.05, 4.69) is 0 Å². The zero-order valence-corrected chi connectivity index (χ0v) is 20.8. The van der Waals surface area contributed by atoms with Gasteiger partial charge in [0.1, 0.15) is 11.4 Å². The van der Waals surface area contributed by atoms with E-state index >= 15 is 0 Å². The molecule has 4 rings (SSSR count). The van der Waals surface area contributed by atoms with Crippen molar-refractivity contribution in [2.45, 2.75) is 46.1 Å². The third-order valence-electron chi connectivity index (χ3n) is 6.76. The number of piperidine rings is 1. The zero-order chi connectivity index (χ0) is 25.3. The number of benzene rings is 2. The number of hydrogen-bond donors (Lipinski definition) is 0. The molecule has 2 heterocycles. The average Bonchev–Trinajstić information content (AvgIpc) is 3.02. The SMILES string of the molecule is CCOC(=O)OC1=C(c2c(C)cc(C)cc2C)C(=O)N(c2ccc(F)cc2)C12CCN(OC)CC2. The molecule has 1 amide bonds. The molecule has 2 aromatic rings. The van der Waals surface area contributed by atoms with Crippen LogP contribution in [0, 0.1) is 26.6 Å². The molecule has 0 bridgehead atoms. The molecule has 0 atom stereocenters. The maximum absolute atomic E-state index is 14.3. The number of anilines is 1. The van der Waals surface area contributed by atoms with Crippen LogP contribution in [0.2, 0.25) is 0 Å². The minimum absolute atomic E-state index is 0.143. The molecule has 186 valence electrons. The van der Waals surface area contributed by atoms with Crippen molar-refractivity contribution >= 4 is 23.3 Å². The molecular weight excluding hydrogens is 451 g/mol. The van der Waals surface area contributed by atoms with Gasteiger partial charge in [-0.3, -0.25) is 9.69 Å². The summed E-state index contributed by atoms with van der Waals surface area (Å²) in [5.74, 6) is -0.419. The molecule has 1 fully saturated rings. The number of ether oxygens (including phenoxy) is 2. The lowest BCUT2D eigenvalue weighted by Crippen LogP contribution is -2.55. The van der Waals surface area contributed by atoms with Crippen LogP contribution in [0.15, 0.2) is 42.2 Å².